The van der Waals surface area contributed by atoms with Gasteiger partial charge in [0.25, 0.3) is 35.3 Å². The fraction of sp³-hybridized carbons (Fsp3) is 0.221. The molecule has 0 atom stereocenters. The molecule has 17 aromatic rings. The third-order valence-electron chi connectivity index (χ3n) is 22.1. The Morgan fingerprint density at radius 3 is 1.13 bits per heavy atom. The van der Waals surface area contributed by atoms with Crippen LogP contribution in [0.5, 0.6) is 0 Å². The Morgan fingerprint density at radius 1 is 0.449 bits per heavy atom. The average Bonchev–Trinajstić information content (AvgIpc) is 1.63. The second-order valence-electron chi connectivity index (χ2n) is 32.2. The molecule has 36 nitrogen and oxygen atoms in total. The molecular formula is C104H115Cl4FK2N26O10. The average molecular weight is 2130 g/mol. The van der Waals surface area contributed by atoms with Crippen LogP contribution in [0, 0.1) is 0 Å². The van der Waals surface area contributed by atoms with E-state index in [4.69, 9.17) is 68.3 Å². The summed E-state index contributed by atoms with van der Waals surface area (Å²) in [7, 11) is 5.50. The van der Waals surface area contributed by atoms with Gasteiger partial charge in [0.05, 0.1) is 52.9 Å². The molecular weight excluding hydrogens is 2010 g/mol. The van der Waals surface area contributed by atoms with E-state index in [9.17, 15) is 33.2 Å². The van der Waals surface area contributed by atoms with Crippen molar-refractivity contribution >= 4 is 188 Å². The summed E-state index contributed by atoms with van der Waals surface area (Å²) in [4.78, 5) is 130. The molecule has 3 fully saturated rings. The first-order valence-electron chi connectivity index (χ1n) is 45.6. The summed E-state index contributed by atoms with van der Waals surface area (Å²) in [5.74, 6) is 2.54. The molecule has 0 unspecified atom stereocenters. The minimum absolute atomic E-state index is 0. The number of nitrogens with two attached hydrogens (primary N) is 1. The summed E-state index contributed by atoms with van der Waals surface area (Å²) in [6.45, 7) is 16.5. The molecule has 12 N–H and O–H groups in total. The molecule has 9 aromatic heterocycles. The Kier molecular flexibility index (Phi) is 47.9. The normalized spacial score (nSPS) is 12.2. The van der Waals surface area contributed by atoms with Crippen molar-refractivity contribution in [3.63, 3.8) is 0 Å². The maximum absolute atomic E-state index is 12.3. The molecule has 0 aliphatic carbocycles. The Bertz CT molecular complexity index is 6960. The fourth-order valence-corrected chi connectivity index (χ4v) is 15.9. The summed E-state index contributed by atoms with van der Waals surface area (Å²) in [6, 6.07) is 69.9. The molecule has 20 rings (SSSR count). The molecule has 5 amide bonds. The first kappa shape index (κ1) is 118. The van der Waals surface area contributed by atoms with Crippen molar-refractivity contribution in [3.05, 3.63) is 318 Å². The SMILES string of the molecule is C.C.CC(C)(C)OC(=O)N1CCN(c2ccc(N)cc2)CC1.CNC(=O)c1c[nH]c2ccccc12.CNC(=O)c1cn(-c2ccnc(Cl)n2)c2ccccc12.CNC(=O)c1cn(-c2ccnc(Nc3ccc(N4CCNCC4)cc3)n2)c2ccccc12.CNC(=O)c1cn(-c2ccnc(Nc3ccc(N4CCNCC4)cc3)n2)c2ccccc12.Clc1ccnc(Cl)n1.O=C(Cl)c1c[nH]c2ccccc12.O=CO[O-].[2H]CF.[H-].[K+].[K+]. The van der Waals surface area contributed by atoms with Gasteiger partial charge in [-0.3, -0.25) is 33.2 Å². The predicted octanol–water partition coefficient (Wildman–Crippen LogP) is 10.9. The minimum atomic E-state index is -1.00. The van der Waals surface area contributed by atoms with Crippen LogP contribution in [0.15, 0.2) is 274 Å². The van der Waals surface area contributed by atoms with E-state index in [1.54, 1.807) is 82.4 Å². The van der Waals surface area contributed by atoms with Crippen molar-refractivity contribution in [1.82, 2.24) is 100 Å². The van der Waals surface area contributed by atoms with E-state index < -0.39 is 18.0 Å². The molecule has 3 aliphatic heterocycles. The number of nitrogen functional groups attached to an aromatic ring is 1. The van der Waals surface area contributed by atoms with Crippen LogP contribution in [0.1, 0.15) is 90.2 Å². The number of benzene rings is 8. The van der Waals surface area contributed by atoms with Crippen LogP contribution in [0.3, 0.4) is 0 Å². The summed E-state index contributed by atoms with van der Waals surface area (Å²) < 4.78 is 26.5. The van der Waals surface area contributed by atoms with Gasteiger partial charge in [0, 0.05) is 235 Å². The number of fused-ring (bicyclic) bond motifs is 5. The number of H-pyrrole nitrogens is 2. The number of anilines is 8. The van der Waals surface area contributed by atoms with Crippen LogP contribution < -0.4 is 171 Å². The van der Waals surface area contributed by atoms with E-state index in [2.05, 4.69) is 136 Å². The van der Waals surface area contributed by atoms with E-state index in [0.717, 1.165) is 143 Å². The first-order chi connectivity index (χ1) is 69.7. The quantitative estimate of drug-likeness (QED) is 0.00625. The zero-order chi connectivity index (χ0) is 103. The fourth-order valence-electron chi connectivity index (χ4n) is 15.3. The predicted molar refractivity (Wildman–Crippen MR) is 573 cm³/mol. The zero-order valence-electron chi connectivity index (χ0n) is 83.0. The molecule has 0 saturated carbocycles. The Morgan fingerprint density at radius 2 is 0.776 bits per heavy atom. The Balaban J connectivity index is 0.000000240. The number of carbonyl (C=O) groups is 7. The van der Waals surface area contributed by atoms with E-state index in [1.807, 2.05) is 229 Å². The minimum Gasteiger partial charge on any atom is -1.00 e. The van der Waals surface area contributed by atoms with Crippen molar-refractivity contribution in [2.75, 3.05) is 145 Å². The number of para-hydroxylation sites is 5. The number of hydrogen-bond donors (Lipinski definition) is 11. The maximum Gasteiger partial charge on any atom is 1.00 e. The summed E-state index contributed by atoms with van der Waals surface area (Å²) in [5.41, 5.74) is 19.1. The third kappa shape index (κ3) is 33.3. The number of aromatic nitrogens is 13. The standard InChI is InChI=1S/2C24H25N7O.C15H23N3O2.C14H11ClN4O.C10H10N2O.C9H6ClNO.C4H2Cl2N2.CH3F.CH2O3.2CH4.2K.H/c2*1-25-23(32)20-16-31(21-5-3-2-4-19(20)21)22-10-11-27-24(29-22)28-17-6-8-18(9-7-17)30-14-12-26-13-15-30;1-15(2,3)20-14(19)18-10-8-17(9-11-18)13-6-4-12(16)5-7-13;1-16-13(20)10-8-19(11-5-3-2-4-9(10)11)12-6-7-17-14(15)18-12;1-11-10(13)8-6-12-9-5-3-2-4-7(8)9;10-9(12)7-5-11-8-4-2-1-3-6(7)8;5-3-1-2-7-4(6)8-3;1-2;2-1-4-3;;;;;/h2*2-11,16,26H,12-15H2,1H3,(H,25,32)(H,27,28,29);4-7H,8-11,16H2,1-3H3;2-8H,1H3,(H,16,20);2-6,12H,1H3,(H,11,13);1-5,11H;1-2H;1H3;1,3H;2*1H4;;;/q;;;;;;;;;;;2*+1;-1/p-1/i;;;;;;;1D;;;;;;. The molecule has 147 heavy (non-hydrogen) atoms. The maximum atomic E-state index is 12.3. The molecule has 0 radical (unpaired) electrons. The number of nitrogens with zero attached hydrogens (tertiary/aromatic N) is 15. The summed E-state index contributed by atoms with van der Waals surface area (Å²) >= 11 is 21.9. The molecule has 758 valence electrons. The Labute approximate surface area is 958 Å². The number of aromatic amines is 2. The van der Waals surface area contributed by atoms with Gasteiger partial charge in [0.2, 0.25) is 22.5 Å². The second kappa shape index (κ2) is 59.8. The first-order valence-corrected chi connectivity index (χ1v) is 46.4. The number of rotatable bonds is 16. The van der Waals surface area contributed by atoms with E-state index in [1.165, 1.54) is 17.6 Å². The monoisotopic (exact) mass is 2130 g/mol. The van der Waals surface area contributed by atoms with Crippen LogP contribution in [0.25, 0.3) is 72.0 Å². The topological polar surface area (TPSA) is 446 Å². The van der Waals surface area contributed by atoms with Crippen molar-refractivity contribution in [3.8, 4) is 17.5 Å². The number of piperazine rings is 3. The van der Waals surface area contributed by atoms with Crippen LogP contribution in [-0.4, -0.2) is 229 Å². The number of halogens is 5. The molecule has 8 aromatic carbocycles. The van der Waals surface area contributed by atoms with Crippen LogP contribution in [-0.2, 0) is 14.4 Å². The number of hydrogen-bond acceptors (Lipinski definition) is 26. The number of alkyl halides is 1. The Hall–Kier alpha value is -12.9. The number of nitrogens with one attached hydrogen (secondary N) is 10. The van der Waals surface area contributed by atoms with Gasteiger partial charge in [0.15, 0.2) is 0 Å². The van der Waals surface area contributed by atoms with Crippen molar-refractivity contribution < 1.29 is 158 Å². The van der Waals surface area contributed by atoms with Crippen LogP contribution in [0.2, 0.25) is 15.7 Å². The molecule has 0 bridgehead atoms. The molecule has 12 heterocycles. The molecule has 43 heteroatoms. The van der Waals surface area contributed by atoms with E-state index >= 15 is 0 Å². The van der Waals surface area contributed by atoms with Crippen molar-refractivity contribution in [2.45, 2.75) is 41.2 Å². The van der Waals surface area contributed by atoms with Crippen molar-refractivity contribution in [1.29, 1.82) is 0 Å². The van der Waals surface area contributed by atoms with Crippen molar-refractivity contribution in [2.24, 2.45) is 0 Å². The van der Waals surface area contributed by atoms with Crippen LogP contribution in [0.4, 0.5) is 55.2 Å². The van der Waals surface area contributed by atoms with Gasteiger partial charge in [-0.2, -0.15) is 15.0 Å². The van der Waals surface area contributed by atoms with Gasteiger partial charge < -0.3 is 108 Å². The smallest absolute Gasteiger partial charge is 1.00 e. The third-order valence-corrected chi connectivity index (χ3v) is 22.9. The molecule has 3 saturated heterocycles. The van der Waals surface area contributed by atoms with Gasteiger partial charge >= 0.3 is 109 Å². The summed E-state index contributed by atoms with van der Waals surface area (Å²) in [5, 5.41) is 37.1. The number of carbonyl (C=O) groups excluding carboxylic acids is 7. The number of ether oxygens (including phenoxy) is 1. The van der Waals surface area contributed by atoms with Gasteiger partial charge in [-0.1, -0.05) is 117 Å². The van der Waals surface area contributed by atoms with Gasteiger partial charge in [-0.15, -0.1) is 0 Å². The van der Waals surface area contributed by atoms with Crippen LogP contribution >= 0.6 is 46.4 Å². The number of amides is 5. The van der Waals surface area contributed by atoms with E-state index in [-0.39, 0.29) is 166 Å². The largest absolute Gasteiger partial charge is 1.00 e. The molecule has 3 aliphatic rings. The van der Waals surface area contributed by atoms with Gasteiger partial charge in [-0.25, -0.2) is 29.7 Å². The van der Waals surface area contributed by atoms with Gasteiger partial charge in [-0.05, 0) is 183 Å². The van der Waals surface area contributed by atoms with E-state index in [0.29, 0.717) is 75.4 Å². The second-order valence-corrected chi connectivity index (χ2v) is 33.6. The zero-order valence-corrected chi connectivity index (χ0v) is 90.3. The molecule has 0 spiro atoms. The van der Waals surface area contributed by atoms with Gasteiger partial charge in [0.1, 0.15) is 28.2 Å². The summed E-state index contributed by atoms with van der Waals surface area (Å²) in [6.07, 6.45) is 15.0.